The van der Waals surface area contributed by atoms with E-state index in [1.54, 1.807) is 10.9 Å². The van der Waals surface area contributed by atoms with E-state index in [0.29, 0.717) is 28.4 Å². The first-order chi connectivity index (χ1) is 17.0. The Balaban J connectivity index is 1.57. The van der Waals surface area contributed by atoms with Gasteiger partial charge in [0.2, 0.25) is 0 Å². The quantitative estimate of drug-likeness (QED) is 0.352. The van der Waals surface area contributed by atoms with Crippen LogP contribution >= 0.6 is 11.3 Å². The lowest BCUT2D eigenvalue weighted by atomic mass is 9.95. The average molecular weight is 489 g/mol. The first-order valence-corrected chi connectivity index (χ1v) is 12.8. The number of aromatic nitrogens is 3. The van der Waals surface area contributed by atoms with E-state index in [4.69, 9.17) is 9.72 Å². The fraction of sp³-hybridized carbons (Fsp3) is 0.333. The smallest absolute Gasteiger partial charge is 0.341 e. The SMILES string of the molecule is CCCOC(=O)c1c(NC(=O)c2cc(-c3cnn(C)c3C)nc3ccccc23)sc2c1CCCC2. The Labute approximate surface area is 208 Å². The Bertz CT molecular complexity index is 1440. The maximum absolute atomic E-state index is 13.7. The number of benzene rings is 1. The van der Waals surface area contributed by atoms with Gasteiger partial charge in [0.1, 0.15) is 5.00 Å². The van der Waals surface area contributed by atoms with Gasteiger partial charge >= 0.3 is 5.97 Å². The minimum absolute atomic E-state index is 0.269. The molecule has 8 heteroatoms. The summed E-state index contributed by atoms with van der Waals surface area (Å²) in [5.41, 5.74) is 5.32. The normalized spacial score (nSPS) is 13.0. The molecule has 0 spiro atoms. The Morgan fingerprint density at radius 2 is 2.00 bits per heavy atom. The average Bonchev–Trinajstić information content (AvgIpc) is 3.40. The molecule has 3 heterocycles. The van der Waals surface area contributed by atoms with Gasteiger partial charge in [-0.05, 0) is 56.7 Å². The number of amides is 1. The highest BCUT2D eigenvalue weighted by molar-refractivity contribution is 7.17. The molecule has 0 aliphatic heterocycles. The molecule has 1 aromatic carbocycles. The number of para-hydroxylation sites is 1. The molecule has 7 nitrogen and oxygen atoms in total. The number of hydrogen-bond acceptors (Lipinski definition) is 6. The molecular formula is C27H28N4O3S. The second-order valence-corrected chi connectivity index (χ2v) is 9.95. The zero-order valence-corrected chi connectivity index (χ0v) is 21.0. The van der Waals surface area contributed by atoms with E-state index in [2.05, 4.69) is 10.4 Å². The molecule has 3 aromatic heterocycles. The maximum Gasteiger partial charge on any atom is 0.341 e. The summed E-state index contributed by atoms with van der Waals surface area (Å²) < 4.78 is 7.28. The van der Waals surface area contributed by atoms with Crippen molar-refractivity contribution in [3.8, 4) is 11.3 Å². The van der Waals surface area contributed by atoms with Crippen LogP contribution in [0.5, 0.6) is 0 Å². The lowest BCUT2D eigenvalue weighted by molar-refractivity contribution is 0.0505. The van der Waals surface area contributed by atoms with Crippen molar-refractivity contribution < 1.29 is 14.3 Å². The molecule has 1 aliphatic rings. The highest BCUT2D eigenvalue weighted by Crippen LogP contribution is 2.39. The predicted molar refractivity (Wildman–Crippen MR) is 138 cm³/mol. The van der Waals surface area contributed by atoms with Crippen molar-refractivity contribution in [3.05, 3.63) is 63.8 Å². The van der Waals surface area contributed by atoms with Gasteiger partial charge in [-0.3, -0.25) is 9.48 Å². The van der Waals surface area contributed by atoms with Crippen LogP contribution in [-0.4, -0.2) is 33.2 Å². The summed E-state index contributed by atoms with van der Waals surface area (Å²) in [5.74, 6) is -0.623. The zero-order chi connectivity index (χ0) is 24.5. The molecule has 35 heavy (non-hydrogen) atoms. The van der Waals surface area contributed by atoms with Gasteiger partial charge in [0.15, 0.2) is 0 Å². The second kappa shape index (κ2) is 9.62. The van der Waals surface area contributed by atoms with Gasteiger partial charge in [-0.1, -0.05) is 25.1 Å². The van der Waals surface area contributed by atoms with E-state index in [-0.39, 0.29) is 11.9 Å². The van der Waals surface area contributed by atoms with Crippen molar-refractivity contribution >= 4 is 39.1 Å². The van der Waals surface area contributed by atoms with Crippen LogP contribution in [0.1, 0.15) is 63.0 Å². The van der Waals surface area contributed by atoms with Gasteiger partial charge in [0.05, 0.1) is 35.1 Å². The number of rotatable bonds is 6. The monoisotopic (exact) mass is 488 g/mol. The van der Waals surface area contributed by atoms with Crippen LogP contribution in [0.15, 0.2) is 36.5 Å². The number of anilines is 1. The lowest BCUT2D eigenvalue weighted by Gasteiger charge is -2.13. The number of ether oxygens (including phenoxy) is 1. The molecule has 180 valence electrons. The molecule has 0 bridgehead atoms. The van der Waals surface area contributed by atoms with Crippen LogP contribution in [0.3, 0.4) is 0 Å². The van der Waals surface area contributed by atoms with Gasteiger partial charge < -0.3 is 10.1 Å². The lowest BCUT2D eigenvalue weighted by Crippen LogP contribution is -2.16. The number of nitrogens with zero attached hydrogens (tertiary/aromatic N) is 3. The summed E-state index contributed by atoms with van der Waals surface area (Å²) in [6.07, 6.45) is 6.40. The fourth-order valence-electron chi connectivity index (χ4n) is 4.56. The van der Waals surface area contributed by atoms with Gasteiger partial charge in [-0.25, -0.2) is 9.78 Å². The Hall–Kier alpha value is -3.52. The number of aryl methyl sites for hydroxylation is 2. The fourth-order valence-corrected chi connectivity index (χ4v) is 5.83. The van der Waals surface area contributed by atoms with Gasteiger partial charge in [-0.2, -0.15) is 5.10 Å². The molecule has 0 radical (unpaired) electrons. The molecule has 0 saturated carbocycles. The largest absolute Gasteiger partial charge is 0.462 e. The summed E-state index contributed by atoms with van der Waals surface area (Å²) in [6.45, 7) is 4.30. The number of fused-ring (bicyclic) bond motifs is 2. The molecule has 1 N–H and O–H groups in total. The molecular weight excluding hydrogens is 460 g/mol. The van der Waals surface area contributed by atoms with Crippen molar-refractivity contribution in [1.82, 2.24) is 14.8 Å². The molecule has 0 fully saturated rings. The summed E-state index contributed by atoms with van der Waals surface area (Å²) in [4.78, 5) is 32.6. The summed E-state index contributed by atoms with van der Waals surface area (Å²) in [6, 6.07) is 9.41. The molecule has 4 aromatic rings. The van der Waals surface area contributed by atoms with Crippen LogP contribution in [0.25, 0.3) is 22.2 Å². The molecule has 1 amide bonds. The zero-order valence-electron chi connectivity index (χ0n) is 20.2. The van der Waals surface area contributed by atoms with Crippen molar-refractivity contribution in [2.45, 2.75) is 46.0 Å². The summed E-state index contributed by atoms with van der Waals surface area (Å²) >= 11 is 1.50. The van der Waals surface area contributed by atoms with E-state index in [1.165, 1.54) is 16.2 Å². The van der Waals surface area contributed by atoms with Crippen LogP contribution in [0, 0.1) is 6.92 Å². The minimum Gasteiger partial charge on any atom is -0.462 e. The number of thiophene rings is 1. The number of hydrogen-bond donors (Lipinski definition) is 1. The molecule has 0 atom stereocenters. The van der Waals surface area contributed by atoms with Gasteiger partial charge in [-0.15, -0.1) is 11.3 Å². The Kier molecular flexibility index (Phi) is 6.38. The molecule has 1 aliphatic carbocycles. The highest BCUT2D eigenvalue weighted by atomic mass is 32.1. The van der Waals surface area contributed by atoms with E-state index >= 15 is 0 Å². The van der Waals surface area contributed by atoms with Crippen LogP contribution in [-0.2, 0) is 24.6 Å². The van der Waals surface area contributed by atoms with Crippen LogP contribution in [0.2, 0.25) is 0 Å². The van der Waals surface area contributed by atoms with E-state index in [9.17, 15) is 9.59 Å². The van der Waals surface area contributed by atoms with Gasteiger partial charge in [0, 0.05) is 28.6 Å². The first kappa shape index (κ1) is 23.2. The number of carbonyl (C=O) groups excluding carboxylic acids is 2. The van der Waals surface area contributed by atoms with Crippen molar-refractivity contribution in [2.24, 2.45) is 7.05 Å². The highest BCUT2D eigenvalue weighted by Gasteiger charge is 2.28. The Morgan fingerprint density at radius 3 is 2.77 bits per heavy atom. The number of nitrogens with one attached hydrogen (secondary N) is 1. The number of esters is 1. The summed E-state index contributed by atoms with van der Waals surface area (Å²) in [7, 11) is 1.88. The third-order valence-electron chi connectivity index (χ3n) is 6.51. The van der Waals surface area contributed by atoms with Crippen molar-refractivity contribution in [1.29, 1.82) is 0 Å². The maximum atomic E-state index is 13.7. The third-order valence-corrected chi connectivity index (χ3v) is 7.72. The minimum atomic E-state index is -0.354. The third kappa shape index (κ3) is 4.34. The second-order valence-electron chi connectivity index (χ2n) is 8.84. The molecule has 0 unspecified atom stereocenters. The number of carbonyl (C=O) groups is 2. The van der Waals surface area contributed by atoms with Crippen molar-refractivity contribution in [3.63, 3.8) is 0 Å². The van der Waals surface area contributed by atoms with E-state index < -0.39 is 0 Å². The number of pyridine rings is 1. The predicted octanol–water partition coefficient (Wildman–Crippen LogP) is 5.70. The van der Waals surface area contributed by atoms with Crippen molar-refractivity contribution in [2.75, 3.05) is 11.9 Å². The topological polar surface area (TPSA) is 86.1 Å². The van der Waals surface area contributed by atoms with Crippen LogP contribution < -0.4 is 5.32 Å². The van der Waals surface area contributed by atoms with Gasteiger partial charge in [0.25, 0.3) is 5.91 Å². The molecule has 5 rings (SSSR count). The molecule has 0 saturated heterocycles. The van der Waals surface area contributed by atoms with E-state index in [0.717, 1.165) is 59.8 Å². The van der Waals surface area contributed by atoms with E-state index in [1.807, 2.05) is 51.2 Å². The summed E-state index contributed by atoms with van der Waals surface area (Å²) in [5, 5.41) is 8.72. The van der Waals surface area contributed by atoms with Crippen LogP contribution in [0.4, 0.5) is 5.00 Å². The standard InChI is InChI=1S/C27H28N4O3S/c1-4-13-34-27(33)24-18-10-6-8-12-23(18)35-26(24)30-25(32)19-14-22(20-15-28-31(3)16(20)2)29-21-11-7-5-9-17(19)21/h5,7,9,11,14-15H,4,6,8,10,12-13H2,1-3H3,(H,30,32). The first-order valence-electron chi connectivity index (χ1n) is 12.0. The Morgan fingerprint density at radius 1 is 1.20 bits per heavy atom.